The van der Waals surface area contributed by atoms with E-state index in [1.807, 2.05) is 0 Å². The topological polar surface area (TPSA) is 75.1 Å². The van der Waals surface area contributed by atoms with Crippen molar-refractivity contribution in [2.75, 3.05) is 7.05 Å². The predicted octanol–water partition coefficient (Wildman–Crippen LogP) is -0.573. The quantitative estimate of drug-likeness (QED) is 0.574. The number of likely N-dealkylation sites (N-methyl/N-ethyl adjacent to an activating group) is 1. The third-order valence-corrected chi connectivity index (χ3v) is 1.30. The van der Waals surface area contributed by atoms with Crippen LogP contribution >= 0.6 is 0 Å². The molecule has 5 nitrogen and oxygen atoms in total. The van der Waals surface area contributed by atoms with E-state index in [1.54, 1.807) is 7.05 Å². The SMILES string of the molecule is CN[C@H](C=O)c1cc(=O)[nH]o1. The van der Waals surface area contributed by atoms with Crippen molar-refractivity contribution < 1.29 is 9.32 Å². The van der Waals surface area contributed by atoms with Gasteiger partial charge in [-0.15, -0.1) is 0 Å². The number of hydrogen-bond acceptors (Lipinski definition) is 4. The highest BCUT2D eigenvalue weighted by Crippen LogP contribution is 2.04. The van der Waals surface area contributed by atoms with Crippen LogP contribution in [0.1, 0.15) is 11.8 Å². The number of aldehydes is 1. The van der Waals surface area contributed by atoms with Gasteiger partial charge in [0.25, 0.3) is 5.56 Å². The van der Waals surface area contributed by atoms with Gasteiger partial charge in [-0.25, -0.2) is 0 Å². The van der Waals surface area contributed by atoms with Gasteiger partial charge in [0.2, 0.25) is 0 Å². The minimum absolute atomic E-state index is 0.299. The van der Waals surface area contributed by atoms with Gasteiger partial charge in [-0.05, 0) is 7.05 Å². The van der Waals surface area contributed by atoms with Crippen LogP contribution in [0.4, 0.5) is 0 Å². The number of H-pyrrole nitrogens is 1. The summed E-state index contributed by atoms with van der Waals surface area (Å²) in [6.45, 7) is 0. The van der Waals surface area contributed by atoms with Crippen molar-refractivity contribution in [3.05, 3.63) is 22.2 Å². The van der Waals surface area contributed by atoms with Crippen LogP contribution in [0.2, 0.25) is 0 Å². The summed E-state index contributed by atoms with van der Waals surface area (Å²) < 4.78 is 4.68. The summed E-state index contributed by atoms with van der Waals surface area (Å²) in [5.74, 6) is 0.299. The van der Waals surface area contributed by atoms with Gasteiger partial charge in [-0.1, -0.05) is 0 Å². The van der Waals surface area contributed by atoms with E-state index in [0.717, 1.165) is 0 Å². The first kappa shape index (κ1) is 7.74. The molecule has 0 saturated heterocycles. The molecule has 1 aromatic rings. The molecule has 0 saturated carbocycles. The first-order valence-corrected chi connectivity index (χ1v) is 3.09. The zero-order chi connectivity index (χ0) is 8.27. The zero-order valence-electron chi connectivity index (χ0n) is 5.96. The summed E-state index contributed by atoms with van der Waals surface area (Å²) in [7, 11) is 1.60. The number of rotatable bonds is 3. The summed E-state index contributed by atoms with van der Waals surface area (Å²) in [5.41, 5.74) is -0.345. The highest BCUT2D eigenvalue weighted by molar-refractivity contribution is 5.59. The van der Waals surface area contributed by atoms with Crippen molar-refractivity contribution in [1.82, 2.24) is 10.5 Å². The minimum Gasteiger partial charge on any atom is -0.381 e. The lowest BCUT2D eigenvalue weighted by molar-refractivity contribution is -0.109. The number of aromatic nitrogens is 1. The Bertz CT molecular complexity index is 288. The maximum atomic E-state index is 10.5. The summed E-state index contributed by atoms with van der Waals surface area (Å²) in [6.07, 6.45) is 0.659. The molecule has 60 valence electrons. The van der Waals surface area contributed by atoms with Gasteiger partial charge in [0.15, 0.2) is 5.76 Å². The Hall–Kier alpha value is -1.36. The molecule has 0 aliphatic carbocycles. The van der Waals surface area contributed by atoms with Crippen molar-refractivity contribution >= 4 is 6.29 Å². The number of aromatic amines is 1. The predicted molar refractivity (Wildman–Crippen MR) is 37.2 cm³/mol. The van der Waals surface area contributed by atoms with E-state index in [9.17, 15) is 9.59 Å². The van der Waals surface area contributed by atoms with Crippen molar-refractivity contribution in [2.45, 2.75) is 6.04 Å². The van der Waals surface area contributed by atoms with Crippen molar-refractivity contribution in [2.24, 2.45) is 0 Å². The van der Waals surface area contributed by atoms with Gasteiger partial charge >= 0.3 is 0 Å². The van der Waals surface area contributed by atoms with E-state index in [2.05, 4.69) is 15.0 Å². The van der Waals surface area contributed by atoms with Crippen LogP contribution in [-0.2, 0) is 4.79 Å². The average Bonchev–Trinajstić information content (AvgIpc) is 2.39. The normalized spacial score (nSPS) is 12.8. The van der Waals surface area contributed by atoms with E-state index >= 15 is 0 Å². The Morgan fingerprint density at radius 1 is 1.82 bits per heavy atom. The Morgan fingerprint density at radius 3 is 2.91 bits per heavy atom. The summed E-state index contributed by atoms with van der Waals surface area (Å²) in [5, 5.41) is 4.75. The fourth-order valence-electron chi connectivity index (χ4n) is 0.728. The maximum Gasteiger partial charge on any atom is 0.280 e. The van der Waals surface area contributed by atoms with Gasteiger partial charge in [0.1, 0.15) is 12.3 Å². The van der Waals surface area contributed by atoms with Crippen LogP contribution < -0.4 is 10.9 Å². The largest absolute Gasteiger partial charge is 0.381 e. The molecule has 1 atom stereocenters. The Balaban J connectivity index is 2.90. The molecule has 0 spiro atoms. The molecular formula is C6H8N2O3. The molecule has 11 heavy (non-hydrogen) atoms. The van der Waals surface area contributed by atoms with Gasteiger partial charge in [0.05, 0.1) is 0 Å². The average molecular weight is 156 g/mol. The Kier molecular flexibility index (Phi) is 2.22. The molecule has 0 fully saturated rings. The molecule has 0 amide bonds. The zero-order valence-corrected chi connectivity index (χ0v) is 5.96. The third kappa shape index (κ3) is 1.56. The molecule has 1 aromatic heterocycles. The van der Waals surface area contributed by atoms with Crippen LogP contribution in [0.25, 0.3) is 0 Å². The molecule has 0 radical (unpaired) electrons. The second-order valence-corrected chi connectivity index (χ2v) is 2.02. The number of carbonyl (C=O) groups is 1. The lowest BCUT2D eigenvalue weighted by Gasteiger charge is -2.01. The standard InChI is InChI=1S/C6H8N2O3/c1-7-4(3-9)5-2-6(10)8-11-5/h2-4,7H,1H3,(H,8,10)/t4-/m1/s1. The number of hydrogen-bond donors (Lipinski definition) is 2. The lowest BCUT2D eigenvalue weighted by Crippen LogP contribution is -2.16. The lowest BCUT2D eigenvalue weighted by atomic mass is 10.2. The second-order valence-electron chi connectivity index (χ2n) is 2.02. The fraction of sp³-hybridized carbons (Fsp3) is 0.333. The van der Waals surface area contributed by atoms with Crippen molar-refractivity contribution in [3.63, 3.8) is 0 Å². The van der Waals surface area contributed by atoms with Crippen LogP contribution in [-0.4, -0.2) is 18.5 Å². The molecule has 1 rings (SSSR count). The summed E-state index contributed by atoms with van der Waals surface area (Å²) in [6, 6.07) is 0.684. The molecule has 0 aliphatic heterocycles. The Morgan fingerprint density at radius 2 is 2.55 bits per heavy atom. The monoisotopic (exact) mass is 156 g/mol. The highest BCUT2D eigenvalue weighted by Gasteiger charge is 2.11. The van der Waals surface area contributed by atoms with Crippen LogP contribution in [0.15, 0.2) is 15.4 Å². The van der Waals surface area contributed by atoms with Crippen LogP contribution in [0, 0.1) is 0 Å². The van der Waals surface area contributed by atoms with E-state index in [4.69, 9.17) is 0 Å². The van der Waals surface area contributed by atoms with Gasteiger partial charge < -0.3 is 14.6 Å². The van der Waals surface area contributed by atoms with Crippen LogP contribution in [0.3, 0.4) is 0 Å². The molecule has 0 aliphatic rings. The molecule has 0 unspecified atom stereocenters. The van der Waals surface area contributed by atoms with Gasteiger partial charge in [0, 0.05) is 6.07 Å². The smallest absolute Gasteiger partial charge is 0.280 e. The maximum absolute atomic E-state index is 10.5. The first-order valence-electron chi connectivity index (χ1n) is 3.09. The van der Waals surface area contributed by atoms with E-state index in [-0.39, 0.29) is 5.56 Å². The molecule has 2 N–H and O–H groups in total. The molecule has 1 heterocycles. The highest BCUT2D eigenvalue weighted by atomic mass is 16.5. The summed E-state index contributed by atoms with van der Waals surface area (Å²) >= 11 is 0. The fourth-order valence-corrected chi connectivity index (χ4v) is 0.728. The van der Waals surface area contributed by atoms with Gasteiger partial charge in [-0.2, -0.15) is 5.16 Å². The molecule has 5 heteroatoms. The first-order chi connectivity index (χ1) is 5.27. The number of carbonyl (C=O) groups excluding carboxylic acids is 1. The third-order valence-electron chi connectivity index (χ3n) is 1.30. The van der Waals surface area contributed by atoms with E-state index < -0.39 is 6.04 Å². The number of nitrogens with one attached hydrogen (secondary N) is 2. The van der Waals surface area contributed by atoms with E-state index in [0.29, 0.717) is 12.0 Å². The van der Waals surface area contributed by atoms with E-state index in [1.165, 1.54) is 6.07 Å². The van der Waals surface area contributed by atoms with Gasteiger partial charge in [-0.3, -0.25) is 4.79 Å². The molecular weight excluding hydrogens is 148 g/mol. The molecule has 0 aromatic carbocycles. The van der Waals surface area contributed by atoms with Crippen molar-refractivity contribution in [1.29, 1.82) is 0 Å². The molecule has 0 bridgehead atoms. The van der Waals surface area contributed by atoms with Crippen LogP contribution in [0.5, 0.6) is 0 Å². The summed E-state index contributed by atoms with van der Waals surface area (Å²) in [4.78, 5) is 20.8. The second kappa shape index (κ2) is 3.16. The Labute approximate surface area is 62.4 Å². The van der Waals surface area contributed by atoms with Crippen molar-refractivity contribution in [3.8, 4) is 0 Å². The minimum atomic E-state index is -0.547.